The first kappa shape index (κ1) is 9.18. The molecule has 2 aromatic rings. The Balaban J connectivity index is 3.02. The molecule has 15 heavy (non-hydrogen) atoms. The maximum Gasteiger partial charge on any atom is 0.159 e. The third-order valence-electron chi connectivity index (χ3n) is 2.32. The van der Waals surface area contributed by atoms with E-state index < -0.39 is 0 Å². The van der Waals surface area contributed by atoms with Crippen molar-refractivity contribution in [3.05, 3.63) is 41.2 Å². The first-order valence-corrected chi connectivity index (χ1v) is 4.47. The van der Waals surface area contributed by atoms with Crippen molar-refractivity contribution in [2.45, 2.75) is 6.92 Å². The highest BCUT2D eigenvalue weighted by Gasteiger charge is 2.10. The van der Waals surface area contributed by atoms with E-state index in [2.05, 4.69) is 4.98 Å². The largest absolute Gasteiger partial charge is 0.240 e. The van der Waals surface area contributed by atoms with Gasteiger partial charge in [0, 0.05) is 16.5 Å². The molecule has 3 heteroatoms. The normalized spacial score (nSPS) is 9.53. The molecule has 1 aromatic heterocycles. The molecule has 2 rings (SSSR count). The highest BCUT2D eigenvalue weighted by Crippen LogP contribution is 2.22. The number of pyridine rings is 1. The number of aromatic nitrogens is 1. The molecule has 0 fully saturated rings. The summed E-state index contributed by atoms with van der Waals surface area (Å²) in [7, 11) is 0. The molecule has 0 radical (unpaired) electrons. The monoisotopic (exact) mass is 193 g/mol. The van der Waals surface area contributed by atoms with Gasteiger partial charge >= 0.3 is 0 Å². The quantitative estimate of drug-likeness (QED) is 0.644. The fourth-order valence-corrected chi connectivity index (χ4v) is 1.62. The van der Waals surface area contributed by atoms with Crippen LogP contribution in [0.1, 0.15) is 17.0 Å². The van der Waals surface area contributed by atoms with Crippen LogP contribution < -0.4 is 0 Å². The molecule has 0 atom stereocenters. The summed E-state index contributed by atoms with van der Waals surface area (Å²) in [6.07, 6.45) is 0. The van der Waals surface area contributed by atoms with E-state index in [1.807, 2.05) is 43.3 Å². The predicted octanol–water partition coefficient (Wildman–Crippen LogP) is 2.29. The SMILES string of the molecule is Cc1nc(C#N)c(C#N)c2ccccc12. The van der Waals surface area contributed by atoms with Gasteiger partial charge in [-0.1, -0.05) is 24.3 Å². The molecule has 0 aliphatic rings. The van der Waals surface area contributed by atoms with E-state index in [-0.39, 0.29) is 5.69 Å². The number of benzene rings is 1. The summed E-state index contributed by atoms with van der Waals surface area (Å²) in [4.78, 5) is 4.11. The van der Waals surface area contributed by atoms with Crippen LogP contribution >= 0.6 is 0 Å². The minimum Gasteiger partial charge on any atom is -0.240 e. The molecule has 70 valence electrons. The van der Waals surface area contributed by atoms with Crippen molar-refractivity contribution >= 4 is 10.8 Å². The third-order valence-corrected chi connectivity index (χ3v) is 2.32. The summed E-state index contributed by atoms with van der Waals surface area (Å²) in [5.41, 5.74) is 1.34. The molecule has 0 spiro atoms. The minimum atomic E-state index is 0.203. The lowest BCUT2D eigenvalue weighted by atomic mass is 10.0. The van der Waals surface area contributed by atoms with E-state index in [0.29, 0.717) is 5.56 Å². The van der Waals surface area contributed by atoms with Gasteiger partial charge in [0.1, 0.15) is 12.1 Å². The Kier molecular flexibility index (Phi) is 2.08. The maximum atomic E-state index is 9.00. The van der Waals surface area contributed by atoms with Crippen molar-refractivity contribution in [2.24, 2.45) is 0 Å². The molecule has 0 N–H and O–H groups in total. The Morgan fingerprint density at radius 1 is 1.07 bits per heavy atom. The average molecular weight is 193 g/mol. The summed E-state index contributed by atoms with van der Waals surface area (Å²) in [6, 6.07) is 11.5. The molecule has 0 bridgehead atoms. The second-order valence-corrected chi connectivity index (χ2v) is 3.19. The van der Waals surface area contributed by atoms with Gasteiger partial charge in [0.25, 0.3) is 0 Å². The van der Waals surface area contributed by atoms with E-state index in [4.69, 9.17) is 10.5 Å². The number of hydrogen-bond donors (Lipinski definition) is 0. The molecular formula is C12H7N3. The average Bonchev–Trinajstić information content (AvgIpc) is 2.29. The molecule has 0 unspecified atom stereocenters. The Labute approximate surface area is 87.2 Å². The summed E-state index contributed by atoms with van der Waals surface area (Å²) in [6.45, 7) is 1.84. The van der Waals surface area contributed by atoms with E-state index in [1.54, 1.807) is 0 Å². The summed E-state index contributed by atoms with van der Waals surface area (Å²) in [5, 5.41) is 19.6. The molecule has 0 saturated carbocycles. The number of rotatable bonds is 0. The first-order valence-electron chi connectivity index (χ1n) is 4.47. The Morgan fingerprint density at radius 3 is 2.33 bits per heavy atom. The van der Waals surface area contributed by atoms with Gasteiger partial charge < -0.3 is 0 Å². The van der Waals surface area contributed by atoms with Crippen LogP contribution in [0.25, 0.3) is 10.8 Å². The van der Waals surface area contributed by atoms with Crippen molar-refractivity contribution in [3.8, 4) is 12.1 Å². The standard InChI is InChI=1S/C12H7N3/c1-8-9-4-2-3-5-10(9)11(6-13)12(7-14)15-8/h2-5H,1H3. The van der Waals surface area contributed by atoms with Gasteiger partial charge in [-0.3, -0.25) is 0 Å². The van der Waals surface area contributed by atoms with Crippen LogP contribution in [0.15, 0.2) is 24.3 Å². The molecule has 3 nitrogen and oxygen atoms in total. The smallest absolute Gasteiger partial charge is 0.159 e. The van der Waals surface area contributed by atoms with E-state index in [0.717, 1.165) is 16.5 Å². The zero-order valence-electron chi connectivity index (χ0n) is 8.15. The number of aryl methyl sites for hydroxylation is 1. The second-order valence-electron chi connectivity index (χ2n) is 3.19. The fourth-order valence-electron chi connectivity index (χ4n) is 1.62. The lowest BCUT2D eigenvalue weighted by Crippen LogP contribution is -1.94. The van der Waals surface area contributed by atoms with E-state index in [9.17, 15) is 0 Å². The van der Waals surface area contributed by atoms with Gasteiger partial charge in [0.2, 0.25) is 0 Å². The molecule has 0 saturated heterocycles. The van der Waals surface area contributed by atoms with Gasteiger partial charge in [-0.2, -0.15) is 10.5 Å². The molecular weight excluding hydrogens is 186 g/mol. The van der Waals surface area contributed by atoms with Crippen LogP contribution in [0.3, 0.4) is 0 Å². The summed E-state index contributed by atoms with van der Waals surface area (Å²) >= 11 is 0. The fraction of sp³-hybridized carbons (Fsp3) is 0.0833. The zero-order valence-corrected chi connectivity index (χ0v) is 8.15. The van der Waals surface area contributed by atoms with Crippen molar-refractivity contribution in [1.82, 2.24) is 4.98 Å². The predicted molar refractivity (Wildman–Crippen MR) is 55.9 cm³/mol. The van der Waals surface area contributed by atoms with Crippen LogP contribution in [0.2, 0.25) is 0 Å². The van der Waals surface area contributed by atoms with Crippen LogP contribution in [-0.4, -0.2) is 4.98 Å². The van der Waals surface area contributed by atoms with Gasteiger partial charge in [0.15, 0.2) is 5.69 Å². The zero-order chi connectivity index (χ0) is 10.8. The van der Waals surface area contributed by atoms with Crippen LogP contribution in [0.5, 0.6) is 0 Å². The van der Waals surface area contributed by atoms with Gasteiger partial charge in [-0.05, 0) is 6.92 Å². The van der Waals surface area contributed by atoms with Gasteiger partial charge in [-0.15, -0.1) is 0 Å². The third kappa shape index (κ3) is 1.31. The first-order chi connectivity index (χ1) is 7.27. The number of fused-ring (bicyclic) bond motifs is 1. The summed E-state index contributed by atoms with van der Waals surface area (Å²) < 4.78 is 0. The highest BCUT2D eigenvalue weighted by atomic mass is 14.7. The molecule has 0 aliphatic carbocycles. The maximum absolute atomic E-state index is 9.00. The van der Waals surface area contributed by atoms with Crippen LogP contribution in [-0.2, 0) is 0 Å². The lowest BCUT2D eigenvalue weighted by Gasteiger charge is -2.04. The van der Waals surface area contributed by atoms with Crippen molar-refractivity contribution in [2.75, 3.05) is 0 Å². The molecule has 0 amide bonds. The highest BCUT2D eigenvalue weighted by molar-refractivity contribution is 5.90. The number of nitrogens with zero attached hydrogens (tertiary/aromatic N) is 3. The molecule has 1 aromatic carbocycles. The minimum absolute atomic E-state index is 0.203. The summed E-state index contributed by atoms with van der Waals surface area (Å²) in [5.74, 6) is 0. The van der Waals surface area contributed by atoms with E-state index in [1.165, 1.54) is 0 Å². The Morgan fingerprint density at radius 2 is 1.73 bits per heavy atom. The van der Waals surface area contributed by atoms with Crippen molar-refractivity contribution in [1.29, 1.82) is 10.5 Å². The number of hydrogen-bond acceptors (Lipinski definition) is 3. The van der Waals surface area contributed by atoms with Gasteiger partial charge in [-0.25, -0.2) is 4.98 Å². The molecule has 1 heterocycles. The Hall–Kier alpha value is -2.39. The van der Waals surface area contributed by atoms with Gasteiger partial charge in [0.05, 0.1) is 5.56 Å². The van der Waals surface area contributed by atoms with E-state index >= 15 is 0 Å². The Bertz CT molecular complexity index is 615. The van der Waals surface area contributed by atoms with Crippen molar-refractivity contribution in [3.63, 3.8) is 0 Å². The second kappa shape index (κ2) is 3.40. The number of nitriles is 2. The topological polar surface area (TPSA) is 60.5 Å². The van der Waals surface area contributed by atoms with Crippen molar-refractivity contribution < 1.29 is 0 Å². The lowest BCUT2D eigenvalue weighted by molar-refractivity contribution is 1.18. The van der Waals surface area contributed by atoms with Crippen LogP contribution in [0, 0.1) is 29.6 Å². The molecule has 0 aliphatic heterocycles. The van der Waals surface area contributed by atoms with Crippen LogP contribution in [0.4, 0.5) is 0 Å².